The number of rotatable bonds is 5. The number of allylic oxidation sites excluding steroid dienone is 3. The highest BCUT2D eigenvalue weighted by atomic mass is 14.9. The molecule has 2 N–H and O–H groups in total. The molecule has 0 unspecified atom stereocenters. The summed E-state index contributed by atoms with van der Waals surface area (Å²) in [5, 5.41) is 0. The molecule has 1 aliphatic carbocycles. The Bertz CT molecular complexity index is 1290. The van der Waals surface area contributed by atoms with E-state index in [2.05, 4.69) is 98.4 Å². The lowest BCUT2D eigenvalue weighted by Gasteiger charge is -2.11. The molecule has 0 saturated carbocycles. The Labute approximate surface area is 184 Å². The van der Waals surface area contributed by atoms with E-state index in [1.54, 1.807) is 0 Å². The second kappa shape index (κ2) is 8.05. The zero-order chi connectivity index (χ0) is 21.4. The smallest absolute Gasteiger partial charge is 0.223 e. The molecular formula is C27H26BN3. The van der Waals surface area contributed by atoms with Gasteiger partial charge in [0, 0.05) is 11.3 Å². The van der Waals surface area contributed by atoms with Crippen molar-refractivity contribution in [1.82, 2.24) is 4.48 Å². The van der Waals surface area contributed by atoms with Crippen molar-refractivity contribution >= 4 is 25.3 Å². The van der Waals surface area contributed by atoms with E-state index in [-0.39, 0.29) is 0 Å². The molecule has 3 nitrogen and oxygen atoms in total. The molecule has 1 aromatic heterocycles. The van der Waals surface area contributed by atoms with Gasteiger partial charge in [0.15, 0.2) is 0 Å². The van der Waals surface area contributed by atoms with Crippen molar-refractivity contribution in [1.29, 1.82) is 0 Å². The molecule has 0 fully saturated rings. The third kappa shape index (κ3) is 3.64. The zero-order valence-electron chi connectivity index (χ0n) is 18.1. The van der Waals surface area contributed by atoms with Crippen LogP contribution in [-0.2, 0) is 6.42 Å². The first-order chi connectivity index (χ1) is 15.1. The van der Waals surface area contributed by atoms with Gasteiger partial charge in [-0.3, -0.25) is 0 Å². The van der Waals surface area contributed by atoms with Crippen LogP contribution in [0.15, 0.2) is 89.2 Å². The van der Waals surface area contributed by atoms with E-state index in [1.807, 2.05) is 0 Å². The van der Waals surface area contributed by atoms with Gasteiger partial charge in [0.05, 0.1) is 11.4 Å². The lowest BCUT2D eigenvalue weighted by Crippen LogP contribution is -2.05. The highest BCUT2D eigenvalue weighted by molar-refractivity contribution is 6.11. The summed E-state index contributed by atoms with van der Waals surface area (Å²) < 4.78 is 2.14. The van der Waals surface area contributed by atoms with Crippen LogP contribution in [0.4, 0.5) is 0 Å². The number of aromatic nitrogens is 1. The lowest BCUT2D eigenvalue weighted by molar-refractivity contribution is 0.997. The molecule has 152 valence electrons. The normalized spacial score (nSPS) is 16.3. The molecule has 2 heterocycles. The van der Waals surface area contributed by atoms with Crippen LogP contribution in [-0.4, -0.2) is 24.7 Å². The number of fused-ring (bicyclic) bond motifs is 3. The van der Waals surface area contributed by atoms with E-state index in [0.29, 0.717) is 6.54 Å². The Balaban J connectivity index is 1.46. The average Bonchev–Trinajstić information content (AvgIpc) is 3.47. The summed E-state index contributed by atoms with van der Waals surface area (Å²) in [4.78, 5) is 4.96. The second-order valence-corrected chi connectivity index (χ2v) is 8.32. The SMILES string of the molecule is Bn1cccc1/C(CCN)=C1N=C(/C=C/c2ccc3c(c2)-c2ccccc2C3)C=C\1C. The largest absolute Gasteiger partial charge is 0.399 e. The molecule has 4 heteroatoms. The minimum absolute atomic E-state index is 0.606. The molecule has 0 bridgehead atoms. The van der Waals surface area contributed by atoms with Crippen molar-refractivity contribution < 1.29 is 0 Å². The molecule has 2 aromatic carbocycles. The number of hydrogen-bond donors (Lipinski definition) is 1. The van der Waals surface area contributed by atoms with Gasteiger partial charge in [0.1, 0.15) is 0 Å². The minimum atomic E-state index is 0.606. The van der Waals surface area contributed by atoms with E-state index in [9.17, 15) is 0 Å². The van der Waals surface area contributed by atoms with Gasteiger partial charge < -0.3 is 10.2 Å². The molecule has 5 rings (SSSR count). The summed E-state index contributed by atoms with van der Waals surface area (Å²) >= 11 is 0. The Morgan fingerprint density at radius 3 is 2.71 bits per heavy atom. The van der Waals surface area contributed by atoms with Crippen molar-refractivity contribution in [3.05, 3.63) is 107 Å². The monoisotopic (exact) mass is 403 g/mol. The maximum absolute atomic E-state index is 5.92. The molecule has 0 saturated heterocycles. The zero-order valence-corrected chi connectivity index (χ0v) is 18.1. The molecule has 0 atom stereocenters. The molecule has 1 aliphatic heterocycles. The fourth-order valence-electron chi connectivity index (χ4n) is 4.64. The maximum atomic E-state index is 5.92. The van der Waals surface area contributed by atoms with Crippen molar-refractivity contribution in [2.24, 2.45) is 10.7 Å². The quantitative estimate of drug-likeness (QED) is 0.485. The Morgan fingerprint density at radius 1 is 1.06 bits per heavy atom. The molecule has 0 radical (unpaired) electrons. The standard InChI is InChI=1S/C27H26BN3/c1-18-15-22(30-27(18)24(12-13-29)26-7-4-14-31(26)28)11-9-19-8-10-21-17-20-5-2-3-6-23(20)25(21)16-19/h2-11,14-16H,12-13,17,28-29H2,1H3/b11-9+,27-24-. The van der Waals surface area contributed by atoms with E-state index >= 15 is 0 Å². The summed E-state index contributed by atoms with van der Waals surface area (Å²) in [6, 6.07) is 19.7. The fraction of sp³-hybridized carbons (Fsp3) is 0.148. The van der Waals surface area contributed by atoms with Crippen LogP contribution in [0, 0.1) is 0 Å². The van der Waals surface area contributed by atoms with Crippen molar-refractivity contribution in [2.45, 2.75) is 19.8 Å². The average molecular weight is 403 g/mol. The molecule has 3 aromatic rings. The van der Waals surface area contributed by atoms with Crippen LogP contribution in [0.1, 0.15) is 35.7 Å². The summed E-state index contributed by atoms with van der Waals surface area (Å²) in [6.45, 7) is 2.74. The summed E-state index contributed by atoms with van der Waals surface area (Å²) in [5.41, 5.74) is 18.3. The third-order valence-electron chi connectivity index (χ3n) is 6.18. The number of nitrogens with zero attached hydrogens (tertiary/aromatic N) is 2. The van der Waals surface area contributed by atoms with E-state index in [0.717, 1.165) is 24.3 Å². The Hall–Kier alpha value is -3.37. The van der Waals surface area contributed by atoms with Gasteiger partial charge in [0.25, 0.3) is 0 Å². The summed E-state index contributed by atoms with van der Waals surface area (Å²) in [7, 11) is 2.07. The van der Waals surface area contributed by atoms with Gasteiger partial charge in [-0.1, -0.05) is 42.5 Å². The number of aliphatic imine (C=N–C) groups is 1. The molecule has 31 heavy (non-hydrogen) atoms. The lowest BCUT2D eigenvalue weighted by atomic mass is 10.0. The predicted octanol–water partition coefficient (Wildman–Crippen LogP) is 4.63. The van der Waals surface area contributed by atoms with Gasteiger partial charge in [-0.2, -0.15) is 0 Å². The summed E-state index contributed by atoms with van der Waals surface area (Å²) in [6.07, 6.45) is 10.3. The number of nitrogens with two attached hydrogens (primary N) is 1. The van der Waals surface area contributed by atoms with Crippen molar-refractivity contribution in [3.8, 4) is 11.1 Å². The van der Waals surface area contributed by atoms with E-state index in [4.69, 9.17) is 10.7 Å². The number of benzene rings is 2. The first kappa shape index (κ1) is 19.6. The molecule has 0 spiro atoms. The Morgan fingerprint density at radius 2 is 1.90 bits per heavy atom. The topological polar surface area (TPSA) is 43.3 Å². The van der Waals surface area contributed by atoms with Crippen LogP contribution in [0.25, 0.3) is 22.8 Å². The molecule has 2 aliphatic rings. The fourth-order valence-corrected chi connectivity index (χ4v) is 4.64. The Kier molecular flexibility index (Phi) is 5.09. The first-order valence-corrected chi connectivity index (χ1v) is 10.9. The van der Waals surface area contributed by atoms with Crippen molar-refractivity contribution in [2.75, 3.05) is 6.54 Å². The van der Waals surface area contributed by atoms with E-state index in [1.165, 1.54) is 44.7 Å². The van der Waals surface area contributed by atoms with Crippen LogP contribution >= 0.6 is 0 Å². The highest BCUT2D eigenvalue weighted by Crippen LogP contribution is 2.37. The molecule has 0 amide bonds. The predicted molar refractivity (Wildman–Crippen MR) is 134 cm³/mol. The van der Waals surface area contributed by atoms with Gasteiger partial charge in [-0.15, -0.1) is 0 Å². The second-order valence-electron chi connectivity index (χ2n) is 8.32. The van der Waals surface area contributed by atoms with Crippen molar-refractivity contribution in [3.63, 3.8) is 0 Å². The van der Waals surface area contributed by atoms with Gasteiger partial charge >= 0.3 is 0 Å². The van der Waals surface area contributed by atoms with Gasteiger partial charge in [-0.05, 0) is 96.2 Å². The van der Waals surface area contributed by atoms with Crippen LogP contribution < -0.4 is 5.73 Å². The van der Waals surface area contributed by atoms with Gasteiger partial charge in [0.2, 0.25) is 7.98 Å². The molecular weight excluding hydrogens is 377 g/mol. The van der Waals surface area contributed by atoms with Gasteiger partial charge in [-0.25, -0.2) is 4.99 Å². The maximum Gasteiger partial charge on any atom is 0.223 e. The first-order valence-electron chi connectivity index (χ1n) is 10.9. The van der Waals surface area contributed by atoms with Crippen LogP contribution in [0.5, 0.6) is 0 Å². The van der Waals surface area contributed by atoms with E-state index < -0.39 is 0 Å². The number of hydrogen-bond acceptors (Lipinski definition) is 2. The van der Waals surface area contributed by atoms with Crippen LogP contribution in [0.3, 0.4) is 0 Å². The third-order valence-corrected chi connectivity index (χ3v) is 6.18. The summed E-state index contributed by atoms with van der Waals surface area (Å²) in [5.74, 6) is 0. The highest BCUT2D eigenvalue weighted by Gasteiger charge is 2.18. The van der Waals surface area contributed by atoms with Crippen LogP contribution in [0.2, 0.25) is 0 Å². The minimum Gasteiger partial charge on any atom is -0.399 e.